The molecule has 1 aliphatic rings. The summed E-state index contributed by atoms with van der Waals surface area (Å²) in [6.07, 6.45) is 8.41. The topological polar surface area (TPSA) is 28.4 Å². The van der Waals surface area contributed by atoms with E-state index in [1.165, 1.54) is 32.1 Å². The van der Waals surface area contributed by atoms with E-state index in [1.807, 2.05) is 6.07 Å². The standard InChI is InChI=1S/C17H30N2O/c1-17(2)10-5-7-14(9-11-17)18-13-15(19(3)4)16-8-6-12-20-16/h6,8,12,14-15,18H,5,7,9-11,13H2,1-4H3. The molecule has 0 spiro atoms. The van der Waals surface area contributed by atoms with Crippen molar-refractivity contribution in [3.05, 3.63) is 24.2 Å². The van der Waals surface area contributed by atoms with Crippen molar-refractivity contribution in [1.82, 2.24) is 10.2 Å². The second kappa shape index (κ2) is 6.77. The minimum atomic E-state index is 0.321. The maximum Gasteiger partial charge on any atom is 0.122 e. The molecular weight excluding hydrogens is 248 g/mol. The van der Waals surface area contributed by atoms with Crippen LogP contribution in [0.4, 0.5) is 0 Å². The molecule has 1 heterocycles. The van der Waals surface area contributed by atoms with Crippen LogP contribution in [0, 0.1) is 5.41 Å². The fourth-order valence-electron chi connectivity index (χ4n) is 3.16. The van der Waals surface area contributed by atoms with Crippen molar-refractivity contribution in [2.45, 2.75) is 58.0 Å². The third-order valence-corrected chi connectivity index (χ3v) is 4.67. The van der Waals surface area contributed by atoms with Gasteiger partial charge in [-0.1, -0.05) is 20.3 Å². The Kier molecular flexibility index (Phi) is 5.28. The minimum Gasteiger partial charge on any atom is -0.468 e. The first-order valence-corrected chi connectivity index (χ1v) is 7.91. The van der Waals surface area contributed by atoms with Crippen LogP contribution in [0.5, 0.6) is 0 Å². The van der Waals surface area contributed by atoms with Crippen molar-refractivity contribution in [1.29, 1.82) is 0 Å². The Bertz CT molecular complexity index is 384. The molecule has 0 saturated heterocycles. The average molecular weight is 278 g/mol. The van der Waals surface area contributed by atoms with E-state index in [-0.39, 0.29) is 0 Å². The van der Waals surface area contributed by atoms with Crippen LogP contribution in [-0.2, 0) is 0 Å². The second-order valence-corrected chi connectivity index (χ2v) is 7.20. The third kappa shape index (κ3) is 4.35. The van der Waals surface area contributed by atoms with Crippen LogP contribution in [0.15, 0.2) is 22.8 Å². The van der Waals surface area contributed by atoms with E-state index in [1.54, 1.807) is 6.26 Å². The normalized spacial score (nSPS) is 24.6. The molecular formula is C17H30N2O. The highest BCUT2D eigenvalue weighted by atomic mass is 16.3. The highest BCUT2D eigenvalue weighted by Crippen LogP contribution is 2.33. The largest absolute Gasteiger partial charge is 0.468 e. The number of furan rings is 1. The summed E-state index contributed by atoms with van der Waals surface area (Å²) < 4.78 is 5.57. The second-order valence-electron chi connectivity index (χ2n) is 7.20. The van der Waals surface area contributed by atoms with Gasteiger partial charge in [0, 0.05) is 12.6 Å². The van der Waals surface area contributed by atoms with Crippen LogP contribution < -0.4 is 5.32 Å². The van der Waals surface area contributed by atoms with Gasteiger partial charge in [0.2, 0.25) is 0 Å². The molecule has 114 valence electrons. The Morgan fingerprint density at radius 2 is 2.15 bits per heavy atom. The highest BCUT2D eigenvalue weighted by Gasteiger charge is 2.25. The quantitative estimate of drug-likeness (QED) is 0.830. The fraction of sp³-hybridized carbons (Fsp3) is 0.765. The van der Waals surface area contributed by atoms with Gasteiger partial charge in [0.05, 0.1) is 12.3 Å². The smallest absolute Gasteiger partial charge is 0.122 e. The molecule has 2 atom stereocenters. The zero-order chi connectivity index (χ0) is 14.6. The molecule has 0 aromatic carbocycles. The first-order valence-electron chi connectivity index (χ1n) is 7.91. The zero-order valence-corrected chi connectivity index (χ0v) is 13.5. The molecule has 1 saturated carbocycles. The first-order chi connectivity index (χ1) is 9.48. The molecule has 2 rings (SSSR count). The van der Waals surface area contributed by atoms with E-state index >= 15 is 0 Å². The molecule has 1 aromatic heterocycles. The highest BCUT2D eigenvalue weighted by molar-refractivity contribution is 5.05. The summed E-state index contributed by atoms with van der Waals surface area (Å²) in [5.41, 5.74) is 0.526. The molecule has 0 amide bonds. The van der Waals surface area contributed by atoms with Gasteiger partial charge in [0.1, 0.15) is 5.76 Å². The van der Waals surface area contributed by atoms with Crippen molar-refractivity contribution in [2.24, 2.45) is 5.41 Å². The molecule has 3 heteroatoms. The number of hydrogen-bond acceptors (Lipinski definition) is 3. The summed E-state index contributed by atoms with van der Waals surface area (Å²) in [6, 6.07) is 5.03. The molecule has 1 aliphatic carbocycles. The van der Waals surface area contributed by atoms with Gasteiger partial charge in [-0.15, -0.1) is 0 Å². The van der Waals surface area contributed by atoms with Gasteiger partial charge < -0.3 is 9.73 Å². The third-order valence-electron chi connectivity index (χ3n) is 4.67. The molecule has 3 nitrogen and oxygen atoms in total. The van der Waals surface area contributed by atoms with Crippen LogP contribution in [0.2, 0.25) is 0 Å². The van der Waals surface area contributed by atoms with Crippen LogP contribution in [-0.4, -0.2) is 31.6 Å². The predicted octanol–water partition coefficient (Wildman–Crippen LogP) is 3.83. The van der Waals surface area contributed by atoms with E-state index in [0.717, 1.165) is 12.3 Å². The SMILES string of the molecule is CN(C)C(CNC1CCCC(C)(C)CC1)c1ccco1. The lowest BCUT2D eigenvalue weighted by Gasteiger charge is -2.26. The van der Waals surface area contributed by atoms with Crippen LogP contribution in [0.25, 0.3) is 0 Å². The molecule has 2 unspecified atom stereocenters. The van der Waals surface area contributed by atoms with Gasteiger partial charge in [-0.05, 0) is 57.3 Å². The summed E-state index contributed by atoms with van der Waals surface area (Å²) in [5, 5.41) is 3.77. The predicted molar refractivity (Wildman–Crippen MR) is 83.8 cm³/mol. The van der Waals surface area contributed by atoms with E-state index in [9.17, 15) is 0 Å². The lowest BCUT2D eigenvalue weighted by atomic mass is 9.85. The molecule has 0 aliphatic heterocycles. The number of nitrogens with one attached hydrogen (secondary N) is 1. The number of nitrogens with zero attached hydrogens (tertiary/aromatic N) is 1. The monoisotopic (exact) mass is 278 g/mol. The van der Waals surface area contributed by atoms with E-state index in [0.29, 0.717) is 17.5 Å². The van der Waals surface area contributed by atoms with E-state index < -0.39 is 0 Å². The number of likely N-dealkylation sites (N-methyl/N-ethyl adjacent to an activating group) is 1. The average Bonchev–Trinajstić information content (AvgIpc) is 2.82. The van der Waals surface area contributed by atoms with Crippen molar-refractivity contribution in [2.75, 3.05) is 20.6 Å². The van der Waals surface area contributed by atoms with Crippen LogP contribution >= 0.6 is 0 Å². The lowest BCUT2D eigenvalue weighted by molar-refractivity contribution is 0.239. The summed E-state index contributed by atoms with van der Waals surface area (Å²) in [6.45, 7) is 5.77. The Morgan fingerprint density at radius 3 is 2.80 bits per heavy atom. The lowest BCUT2D eigenvalue weighted by Crippen LogP contribution is -2.37. The Labute approximate surface area is 123 Å². The minimum absolute atomic E-state index is 0.321. The number of rotatable bonds is 5. The molecule has 0 bridgehead atoms. The van der Waals surface area contributed by atoms with Crippen LogP contribution in [0.3, 0.4) is 0 Å². The van der Waals surface area contributed by atoms with Gasteiger partial charge in [0.15, 0.2) is 0 Å². The van der Waals surface area contributed by atoms with Crippen molar-refractivity contribution in [3.8, 4) is 0 Å². The van der Waals surface area contributed by atoms with Gasteiger partial charge >= 0.3 is 0 Å². The summed E-state index contributed by atoms with van der Waals surface area (Å²) in [7, 11) is 4.23. The van der Waals surface area contributed by atoms with Crippen molar-refractivity contribution in [3.63, 3.8) is 0 Å². The number of hydrogen-bond donors (Lipinski definition) is 1. The Hall–Kier alpha value is -0.800. The summed E-state index contributed by atoms with van der Waals surface area (Å²) in [5.74, 6) is 1.05. The van der Waals surface area contributed by atoms with Gasteiger partial charge in [-0.2, -0.15) is 0 Å². The van der Waals surface area contributed by atoms with E-state index in [4.69, 9.17) is 4.42 Å². The Balaban J connectivity index is 1.87. The van der Waals surface area contributed by atoms with Crippen molar-refractivity contribution < 1.29 is 4.42 Å². The Morgan fingerprint density at radius 1 is 1.35 bits per heavy atom. The molecule has 1 aromatic rings. The van der Waals surface area contributed by atoms with Gasteiger partial charge in [-0.25, -0.2) is 0 Å². The molecule has 0 radical (unpaired) electrons. The summed E-state index contributed by atoms with van der Waals surface area (Å²) >= 11 is 0. The maximum atomic E-state index is 5.57. The van der Waals surface area contributed by atoms with Crippen LogP contribution in [0.1, 0.15) is 57.8 Å². The summed E-state index contributed by atoms with van der Waals surface area (Å²) in [4.78, 5) is 2.23. The maximum absolute atomic E-state index is 5.57. The zero-order valence-electron chi connectivity index (χ0n) is 13.5. The molecule has 20 heavy (non-hydrogen) atoms. The molecule has 1 fully saturated rings. The van der Waals surface area contributed by atoms with E-state index in [2.05, 4.69) is 44.2 Å². The van der Waals surface area contributed by atoms with Crippen molar-refractivity contribution >= 4 is 0 Å². The first kappa shape index (κ1) is 15.6. The van der Waals surface area contributed by atoms with Gasteiger partial charge in [0.25, 0.3) is 0 Å². The molecule has 1 N–H and O–H groups in total. The van der Waals surface area contributed by atoms with Gasteiger partial charge in [-0.3, -0.25) is 4.90 Å². The fourth-order valence-corrected chi connectivity index (χ4v) is 3.16.